The van der Waals surface area contributed by atoms with Gasteiger partial charge in [0.1, 0.15) is 5.41 Å². The zero-order valence-electron chi connectivity index (χ0n) is 11.7. The van der Waals surface area contributed by atoms with Crippen LogP contribution in [0.1, 0.15) is 44.9 Å². The van der Waals surface area contributed by atoms with E-state index in [2.05, 4.69) is 11.4 Å². The minimum atomic E-state index is -0.929. The summed E-state index contributed by atoms with van der Waals surface area (Å²) in [5, 5.41) is 20.5. The zero-order valence-corrected chi connectivity index (χ0v) is 11.7. The van der Waals surface area contributed by atoms with Crippen molar-refractivity contribution in [3.05, 3.63) is 0 Å². The lowest BCUT2D eigenvalue weighted by Gasteiger charge is -2.29. The number of amides is 1. The standard InChI is InChI=1S/C14H22N2O4/c15-11-14(6-9-20-10-7-14)13(19)16-8-4-2-1-3-5-12(17)18/h1-10H2,(H,16,19)(H,17,18). The van der Waals surface area contributed by atoms with Gasteiger partial charge in [-0.25, -0.2) is 0 Å². The van der Waals surface area contributed by atoms with Crippen LogP contribution in [-0.4, -0.2) is 36.7 Å². The van der Waals surface area contributed by atoms with Gasteiger partial charge in [0.2, 0.25) is 5.91 Å². The lowest BCUT2D eigenvalue weighted by molar-refractivity contribution is -0.137. The Balaban J connectivity index is 2.16. The maximum Gasteiger partial charge on any atom is 0.303 e. The van der Waals surface area contributed by atoms with E-state index in [0.29, 0.717) is 39.0 Å². The molecule has 6 nitrogen and oxygen atoms in total. The molecule has 0 bridgehead atoms. The van der Waals surface area contributed by atoms with E-state index in [0.717, 1.165) is 19.3 Å². The first-order chi connectivity index (χ1) is 9.60. The van der Waals surface area contributed by atoms with Crippen molar-refractivity contribution >= 4 is 11.9 Å². The van der Waals surface area contributed by atoms with Gasteiger partial charge in [0, 0.05) is 26.2 Å². The molecule has 0 aliphatic carbocycles. The molecular formula is C14H22N2O4. The number of rotatable bonds is 8. The topological polar surface area (TPSA) is 99.4 Å². The second-order valence-corrected chi connectivity index (χ2v) is 5.12. The highest BCUT2D eigenvalue weighted by atomic mass is 16.5. The summed E-state index contributed by atoms with van der Waals surface area (Å²) in [4.78, 5) is 22.4. The van der Waals surface area contributed by atoms with Crippen LogP contribution >= 0.6 is 0 Å². The Morgan fingerprint density at radius 3 is 2.45 bits per heavy atom. The number of carboxylic acids is 1. The SMILES string of the molecule is N#CC1(C(=O)NCCCCCCC(=O)O)CCOCC1. The quantitative estimate of drug-likeness (QED) is 0.656. The van der Waals surface area contributed by atoms with Crippen molar-refractivity contribution in [1.29, 1.82) is 5.26 Å². The van der Waals surface area contributed by atoms with E-state index < -0.39 is 11.4 Å². The molecule has 20 heavy (non-hydrogen) atoms. The van der Waals surface area contributed by atoms with E-state index in [1.807, 2.05) is 0 Å². The Kier molecular flexibility index (Phi) is 7.02. The summed E-state index contributed by atoms with van der Waals surface area (Å²) < 4.78 is 5.19. The van der Waals surface area contributed by atoms with Crippen molar-refractivity contribution in [2.24, 2.45) is 5.41 Å². The van der Waals surface area contributed by atoms with Crippen LogP contribution in [0.25, 0.3) is 0 Å². The maximum atomic E-state index is 12.1. The minimum absolute atomic E-state index is 0.198. The number of carbonyl (C=O) groups excluding carboxylic acids is 1. The minimum Gasteiger partial charge on any atom is -0.481 e. The summed E-state index contributed by atoms with van der Waals surface area (Å²) in [6.45, 7) is 1.45. The number of aliphatic carboxylic acids is 1. The molecule has 2 N–H and O–H groups in total. The summed E-state index contributed by atoms with van der Waals surface area (Å²) in [7, 11) is 0. The Morgan fingerprint density at radius 1 is 1.20 bits per heavy atom. The fraction of sp³-hybridized carbons (Fsp3) is 0.786. The molecule has 0 aromatic rings. The zero-order chi connectivity index (χ0) is 14.8. The highest BCUT2D eigenvalue weighted by molar-refractivity contribution is 5.85. The van der Waals surface area contributed by atoms with Gasteiger partial charge in [0.25, 0.3) is 0 Å². The molecule has 1 fully saturated rings. The first-order valence-electron chi connectivity index (χ1n) is 7.10. The molecule has 1 heterocycles. The van der Waals surface area contributed by atoms with E-state index in [1.54, 1.807) is 0 Å². The summed E-state index contributed by atoms with van der Waals surface area (Å²) >= 11 is 0. The number of carboxylic acid groups (broad SMARTS) is 1. The van der Waals surface area contributed by atoms with Crippen molar-refractivity contribution in [3.63, 3.8) is 0 Å². The highest BCUT2D eigenvalue weighted by Gasteiger charge is 2.40. The molecule has 0 aromatic heterocycles. The molecule has 1 saturated heterocycles. The van der Waals surface area contributed by atoms with Crippen molar-refractivity contribution in [1.82, 2.24) is 5.32 Å². The van der Waals surface area contributed by atoms with E-state index in [4.69, 9.17) is 9.84 Å². The van der Waals surface area contributed by atoms with Crippen LogP contribution in [0, 0.1) is 16.7 Å². The average molecular weight is 282 g/mol. The molecule has 1 aliphatic heterocycles. The van der Waals surface area contributed by atoms with Gasteiger partial charge in [-0.3, -0.25) is 9.59 Å². The summed E-state index contributed by atoms with van der Waals surface area (Å²) in [5.74, 6) is -0.970. The number of nitriles is 1. The van der Waals surface area contributed by atoms with E-state index in [9.17, 15) is 14.9 Å². The van der Waals surface area contributed by atoms with Crippen LogP contribution in [0.3, 0.4) is 0 Å². The number of ether oxygens (including phenoxy) is 1. The molecule has 1 rings (SSSR count). The second-order valence-electron chi connectivity index (χ2n) is 5.12. The van der Waals surface area contributed by atoms with Gasteiger partial charge in [-0.1, -0.05) is 12.8 Å². The monoisotopic (exact) mass is 282 g/mol. The third-order valence-corrected chi connectivity index (χ3v) is 3.60. The predicted octanol–water partition coefficient (Wildman–Crippen LogP) is 1.46. The molecule has 1 aliphatic rings. The lowest BCUT2D eigenvalue weighted by Crippen LogP contribution is -2.44. The average Bonchev–Trinajstić information content (AvgIpc) is 2.46. The van der Waals surface area contributed by atoms with Gasteiger partial charge in [-0.15, -0.1) is 0 Å². The first kappa shape index (κ1) is 16.4. The number of nitrogens with zero attached hydrogens (tertiary/aromatic N) is 1. The first-order valence-corrected chi connectivity index (χ1v) is 7.10. The van der Waals surface area contributed by atoms with Crippen LogP contribution in [0.15, 0.2) is 0 Å². The Hall–Kier alpha value is -1.61. The smallest absolute Gasteiger partial charge is 0.303 e. The van der Waals surface area contributed by atoms with Gasteiger partial charge in [-0.2, -0.15) is 5.26 Å². The number of hydrogen-bond acceptors (Lipinski definition) is 4. The van der Waals surface area contributed by atoms with Crippen LogP contribution in [-0.2, 0) is 14.3 Å². The third kappa shape index (κ3) is 5.17. The Labute approximate surface area is 119 Å². The molecule has 112 valence electrons. The van der Waals surface area contributed by atoms with Gasteiger partial charge in [-0.05, 0) is 25.7 Å². The molecular weight excluding hydrogens is 260 g/mol. The molecule has 0 spiro atoms. The van der Waals surface area contributed by atoms with Crippen molar-refractivity contribution in [3.8, 4) is 6.07 Å². The maximum absolute atomic E-state index is 12.1. The molecule has 0 saturated carbocycles. The predicted molar refractivity (Wildman–Crippen MR) is 71.8 cm³/mol. The van der Waals surface area contributed by atoms with Crippen LogP contribution < -0.4 is 5.32 Å². The molecule has 0 aromatic carbocycles. The third-order valence-electron chi connectivity index (χ3n) is 3.60. The number of hydrogen-bond donors (Lipinski definition) is 2. The molecule has 0 unspecified atom stereocenters. The highest BCUT2D eigenvalue weighted by Crippen LogP contribution is 2.29. The number of carbonyl (C=O) groups is 2. The lowest BCUT2D eigenvalue weighted by atomic mass is 9.81. The van der Waals surface area contributed by atoms with Gasteiger partial charge < -0.3 is 15.2 Å². The summed E-state index contributed by atoms with van der Waals surface area (Å²) in [6, 6.07) is 2.13. The Morgan fingerprint density at radius 2 is 1.85 bits per heavy atom. The van der Waals surface area contributed by atoms with Crippen molar-refractivity contribution < 1.29 is 19.4 Å². The van der Waals surface area contributed by atoms with Gasteiger partial charge in [0.05, 0.1) is 6.07 Å². The van der Waals surface area contributed by atoms with E-state index in [-0.39, 0.29) is 12.3 Å². The summed E-state index contributed by atoms with van der Waals surface area (Å²) in [6.07, 6.45) is 4.31. The molecule has 0 atom stereocenters. The van der Waals surface area contributed by atoms with Crippen molar-refractivity contribution in [2.45, 2.75) is 44.9 Å². The summed E-state index contributed by atoms with van der Waals surface area (Å²) in [5.41, 5.74) is -0.929. The normalized spacial score (nSPS) is 17.1. The van der Waals surface area contributed by atoms with Gasteiger partial charge in [0.15, 0.2) is 0 Å². The fourth-order valence-corrected chi connectivity index (χ4v) is 2.24. The van der Waals surface area contributed by atoms with Crippen LogP contribution in [0.4, 0.5) is 0 Å². The molecule has 1 amide bonds. The van der Waals surface area contributed by atoms with Crippen LogP contribution in [0.2, 0.25) is 0 Å². The second kappa shape index (κ2) is 8.54. The Bertz CT molecular complexity index is 370. The van der Waals surface area contributed by atoms with E-state index in [1.165, 1.54) is 0 Å². The van der Waals surface area contributed by atoms with Crippen molar-refractivity contribution in [2.75, 3.05) is 19.8 Å². The molecule has 0 radical (unpaired) electrons. The van der Waals surface area contributed by atoms with Gasteiger partial charge >= 0.3 is 5.97 Å². The number of nitrogens with one attached hydrogen (secondary N) is 1. The largest absolute Gasteiger partial charge is 0.481 e. The van der Waals surface area contributed by atoms with E-state index >= 15 is 0 Å². The van der Waals surface area contributed by atoms with Crippen LogP contribution in [0.5, 0.6) is 0 Å². The molecule has 6 heteroatoms. The fourth-order valence-electron chi connectivity index (χ4n) is 2.24. The number of unbranched alkanes of at least 4 members (excludes halogenated alkanes) is 3.